The maximum absolute atomic E-state index is 12.2. The van der Waals surface area contributed by atoms with Gasteiger partial charge in [0.1, 0.15) is 0 Å². The molecule has 1 aromatic heterocycles. The number of nitrogens with zero attached hydrogens (tertiary/aromatic N) is 2. The Hall–Kier alpha value is -0.390. The molecular weight excluding hydrogens is 324 g/mol. The summed E-state index contributed by atoms with van der Waals surface area (Å²) in [6.07, 6.45) is 2.04. The topological polar surface area (TPSA) is 23.6 Å². The molecule has 1 heterocycles. The number of hydrogen-bond acceptors (Lipinski definition) is 3. The van der Waals surface area contributed by atoms with Crippen molar-refractivity contribution in [3.05, 3.63) is 20.8 Å². The minimum atomic E-state index is 0.238. The molecule has 1 aromatic rings. The van der Waals surface area contributed by atoms with Crippen molar-refractivity contribution in [2.75, 3.05) is 26.7 Å². The van der Waals surface area contributed by atoms with Gasteiger partial charge in [0.15, 0.2) is 0 Å². The fourth-order valence-electron chi connectivity index (χ4n) is 1.99. The Kier molecular flexibility index (Phi) is 7.64. The molecule has 1 rings (SSSR count). The molecule has 0 N–H and O–H groups in total. The van der Waals surface area contributed by atoms with Crippen LogP contribution in [0.15, 0.2) is 15.9 Å². The van der Waals surface area contributed by atoms with E-state index in [-0.39, 0.29) is 5.91 Å². The van der Waals surface area contributed by atoms with Crippen LogP contribution in [0.1, 0.15) is 31.6 Å². The molecule has 5 heteroatoms. The lowest BCUT2D eigenvalue weighted by molar-refractivity contribution is -0.132. The predicted molar refractivity (Wildman–Crippen MR) is 85.5 cm³/mol. The summed E-state index contributed by atoms with van der Waals surface area (Å²) >= 11 is 5.18. The fourth-order valence-corrected chi connectivity index (χ4v) is 3.55. The van der Waals surface area contributed by atoms with Gasteiger partial charge in [0.05, 0.1) is 10.3 Å². The Morgan fingerprint density at radius 2 is 1.89 bits per heavy atom. The minimum Gasteiger partial charge on any atom is -0.342 e. The van der Waals surface area contributed by atoms with Crippen LogP contribution in [0.2, 0.25) is 0 Å². The Morgan fingerprint density at radius 1 is 1.26 bits per heavy atom. The van der Waals surface area contributed by atoms with Crippen molar-refractivity contribution < 1.29 is 4.79 Å². The molecule has 0 atom stereocenters. The third-order valence-corrected chi connectivity index (χ3v) is 4.41. The molecule has 0 aromatic carbocycles. The number of thiophene rings is 1. The van der Waals surface area contributed by atoms with E-state index in [0.717, 1.165) is 36.3 Å². The van der Waals surface area contributed by atoms with Gasteiger partial charge in [0.25, 0.3) is 0 Å². The molecule has 0 spiro atoms. The molecule has 0 fully saturated rings. The van der Waals surface area contributed by atoms with E-state index in [1.165, 1.54) is 4.88 Å². The van der Waals surface area contributed by atoms with Crippen molar-refractivity contribution in [2.45, 2.75) is 33.2 Å². The van der Waals surface area contributed by atoms with Gasteiger partial charge in [-0.15, -0.1) is 11.3 Å². The highest BCUT2D eigenvalue weighted by Gasteiger charge is 2.14. The summed E-state index contributed by atoms with van der Waals surface area (Å²) in [4.78, 5) is 17.5. The molecule has 108 valence electrons. The normalized spacial score (nSPS) is 11.0. The molecule has 0 saturated carbocycles. The molecule has 0 aliphatic heterocycles. The Morgan fingerprint density at radius 3 is 2.37 bits per heavy atom. The zero-order valence-corrected chi connectivity index (χ0v) is 14.4. The SMILES string of the molecule is CCCN(CCC)C(=O)CN(C)Cc1ccc(Br)s1. The van der Waals surface area contributed by atoms with Crippen LogP contribution in [0.25, 0.3) is 0 Å². The van der Waals surface area contributed by atoms with Crippen molar-refractivity contribution in [3.63, 3.8) is 0 Å². The second-order valence-corrected chi connectivity index (χ2v) is 7.31. The van der Waals surface area contributed by atoms with Gasteiger partial charge >= 0.3 is 0 Å². The largest absolute Gasteiger partial charge is 0.342 e. The van der Waals surface area contributed by atoms with Crippen LogP contribution in [0.5, 0.6) is 0 Å². The van der Waals surface area contributed by atoms with Crippen molar-refractivity contribution in [1.29, 1.82) is 0 Å². The smallest absolute Gasteiger partial charge is 0.236 e. The van der Waals surface area contributed by atoms with Gasteiger partial charge < -0.3 is 4.90 Å². The second kappa shape index (κ2) is 8.72. The number of rotatable bonds is 8. The molecule has 3 nitrogen and oxygen atoms in total. The van der Waals surface area contributed by atoms with Crippen LogP contribution in [-0.4, -0.2) is 42.4 Å². The van der Waals surface area contributed by atoms with Crippen LogP contribution in [0.3, 0.4) is 0 Å². The maximum Gasteiger partial charge on any atom is 0.236 e. The van der Waals surface area contributed by atoms with Crippen molar-refractivity contribution >= 4 is 33.2 Å². The van der Waals surface area contributed by atoms with Crippen LogP contribution in [0.4, 0.5) is 0 Å². The van der Waals surface area contributed by atoms with Crippen LogP contribution >= 0.6 is 27.3 Å². The fraction of sp³-hybridized carbons (Fsp3) is 0.643. The maximum atomic E-state index is 12.2. The monoisotopic (exact) mass is 346 g/mol. The quantitative estimate of drug-likeness (QED) is 0.718. The summed E-state index contributed by atoms with van der Waals surface area (Å²) < 4.78 is 1.14. The summed E-state index contributed by atoms with van der Waals surface area (Å²) in [5, 5.41) is 0. The first-order valence-electron chi connectivity index (χ1n) is 6.77. The molecule has 0 bridgehead atoms. The first-order chi connectivity index (χ1) is 9.06. The van der Waals surface area contributed by atoms with E-state index >= 15 is 0 Å². The Labute approximate surface area is 128 Å². The van der Waals surface area contributed by atoms with E-state index in [1.807, 2.05) is 11.9 Å². The van der Waals surface area contributed by atoms with Gasteiger partial charge in [0, 0.05) is 24.5 Å². The molecular formula is C14H23BrN2OS. The van der Waals surface area contributed by atoms with Crippen LogP contribution in [-0.2, 0) is 11.3 Å². The van der Waals surface area contributed by atoms with E-state index in [1.54, 1.807) is 11.3 Å². The van der Waals surface area contributed by atoms with Gasteiger partial charge in [-0.05, 0) is 48.0 Å². The number of halogens is 1. The second-order valence-electron chi connectivity index (χ2n) is 4.76. The molecule has 1 amide bonds. The van der Waals surface area contributed by atoms with Gasteiger partial charge in [-0.1, -0.05) is 13.8 Å². The van der Waals surface area contributed by atoms with Gasteiger partial charge in [-0.25, -0.2) is 0 Å². The summed E-state index contributed by atoms with van der Waals surface area (Å²) in [5.74, 6) is 0.238. The third kappa shape index (κ3) is 6.06. The first kappa shape index (κ1) is 16.7. The number of hydrogen-bond donors (Lipinski definition) is 0. The number of carbonyl (C=O) groups is 1. The number of carbonyl (C=O) groups excluding carboxylic acids is 1. The molecule has 0 saturated heterocycles. The van der Waals surface area contributed by atoms with Gasteiger partial charge in [-0.3, -0.25) is 9.69 Å². The van der Waals surface area contributed by atoms with Crippen molar-refractivity contribution in [2.24, 2.45) is 0 Å². The lowest BCUT2D eigenvalue weighted by Crippen LogP contribution is -2.39. The Bertz CT molecular complexity index is 389. The van der Waals surface area contributed by atoms with E-state index in [2.05, 4.69) is 46.8 Å². The van der Waals surface area contributed by atoms with Gasteiger partial charge in [-0.2, -0.15) is 0 Å². The molecule has 0 unspecified atom stereocenters. The van der Waals surface area contributed by atoms with E-state index in [0.29, 0.717) is 6.54 Å². The highest BCUT2D eigenvalue weighted by atomic mass is 79.9. The van der Waals surface area contributed by atoms with Gasteiger partial charge in [0.2, 0.25) is 5.91 Å². The third-order valence-electron chi connectivity index (χ3n) is 2.80. The van der Waals surface area contributed by atoms with E-state index in [4.69, 9.17) is 0 Å². The molecule has 0 aliphatic rings. The zero-order chi connectivity index (χ0) is 14.3. The molecule has 0 aliphatic carbocycles. The summed E-state index contributed by atoms with van der Waals surface area (Å²) in [5.41, 5.74) is 0. The molecule has 19 heavy (non-hydrogen) atoms. The highest BCUT2D eigenvalue weighted by Crippen LogP contribution is 2.22. The predicted octanol–water partition coefficient (Wildman–Crippen LogP) is 3.59. The average molecular weight is 347 g/mol. The molecule has 0 radical (unpaired) electrons. The summed E-state index contributed by atoms with van der Waals surface area (Å²) in [7, 11) is 2.00. The van der Waals surface area contributed by atoms with Crippen LogP contribution in [0, 0.1) is 0 Å². The van der Waals surface area contributed by atoms with Crippen molar-refractivity contribution in [3.8, 4) is 0 Å². The van der Waals surface area contributed by atoms with E-state index < -0.39 is 0 Å². The standard InChI is InChI=1S/C14H23BrN2OS/c1-4-8-17(9-5-2)14(18)11-16(3)10-12-6-7-13(15)19-12/h6-7H,4-5,8-11H2,1-3H3. The lowest BCUT2D eigenvalue weighted by Gasteiger charge is -2.24. The Balaban J connectivity index is 2.45. The van der Waals surface area contributed by atoms with Crippen molar-refractivity contribution in [1.82, 2.24) is 9.80 Å². The number of likely N-dealkylation sites (N-methyl/N-ethyl adjacent to an activating group) is 1. The summed E-state index contributed by atoms with van der Waals surface area (Å²) in [6, 6.07) is 4.15. The van der Waals surface area contributed by atoms with E-state index in [9.17, 15) is 4.79 Å². The lowest BCUT2D eigenvalue weighted by atomic mass is 10.3. The number of amides is 1. The van der Waals surface area contributed by atoms with Crippen LogP contribution < -0.4 is 0 Å². The zero-order valence-electron chi connectivity index (χ0n) is 12.0. The first-order valence-corrected chi connectivity index (χ1v) is 8.38. The average Bonchev–Trinajstić information content (AvgIpc) is 2.74. The minimum absolute atomic E-state index is 0.238. The highest BCUT2D eigenvalue weighted by molar-refractivity contribution is 9.11. The summed E-state index contributed by atoms with van der Waals surface area (Å²) in [6.45, 7) is 7.28.